The molecule has 0 aliphatic heterocycles. The van der Waals surface area contributed by atoms with Gasteiger partial charge >= 0.3 is 5.97 Å². The number of carbonyl (C=O) groups excluding carboxylic acids is 1. The largest absolute Gasteiger partial charge is 0.508 e. The second kappa shape index (κ2) is 9.20. The summed E-state index contributed by atoms with van der Waals surface area (Å²) in [5.41, 5.74) is 0.287. The van der Waals surface area contributed by atoms with Crippen LogP contribution in [0.3, 0.4) is 0 Å². The van der Waals surface area contributed by atoms with E-state index in [4.69, 9.17) is 9.47 Å². The number of hydrogen-bond donors (Lipinski definition) is 2. The third-order valence-electron chi connectivity index (χ3n) is 3.01. The van der Waals surface area contributed by atoms with E-state index in [0.717, 1.165) is 0 Å². The van der Waals surface area contributed by atoms with Gasteiger partial charge < -0.3 is 14.6 Å². The Kier molecular flexibility index (Phi) is 7.75. The van der Waals surface area contributed by atoms with E-state index in [1.807, 2.05) is 45.2 Å². The van der Waals surface area contributed by atoms with Gasteiger partial charge in [-0.2, -0.15) is 8.42 Å². The molecule has 26 heavy (non-hydrogen) atoms. The van der Waals surface area contributed by atoms with Gasteiger partial charge in [0.05, 0.1) is 12.7 Å². The summed E-state index contributed by atoms with van der Waals surface area (Å²) >= 11 is 5.61. The van der Waals surface area contributed by atoms with Gasteiger partial charge in [0, 0.05) is 3.57 Å². The molecule has 0 aliphatic carbocycles. The quantitative estimate of drug-likeness (QED) is 0.203. The highest BCUT2D eigenvalue weighted by molar-refractivity contribution is 14.1. The Morgan fingerprint density at radius 3 is 2.23 bits per heavy atom. The molecular weight excluding hydrogens is 705 g/mol. The zero-order chi connectivity index (χ0) is 19.5. The first-order valence-corrected chi connectivity index (χ1v) is 11.5. The zero-order valence-electron chi connectivity index (χ0n) is 12.8. The van der Waals surface area contributed by atoms with Crippen LogP contribution in [-0.2, 0) is 14.9 Å². The lowest BCUT2D eigenvalue weighted by molar-refractivity contribution is 0.0449. The molecule has 0 saturated heterocycles. The smallest absolute Gasteiger partial charge is 0.338 e. The summed E-state index contributed by atoms with van der Waals surface area (Å²) in [6, 6.07) is 7.19. The van der Waals surface area contributed by atoms with Gasteiger partial charge in [-0.25, -0.2) is 4.79 Å². The molecule has 2 aromatic carbocycles. The molecule has 7 nitrogen and oxygen atoms in total. The number of phenols is 1. The van der Waals surface area contributed by atoms with Crippen LogP contribution in [0.2, 0.25) is 0 Å². The average molecular weight is 716 g/mol. The minimum absolute atomic E-state index is 0.00132. The molecule has 0 atom stereocenters. The molecule has 0 amide bonds. The van der Waals surface area contributed by atoms with Gasteiger partial charge in [0.2, 0.25) is 0 Å². The lowest BCUT2D eigenvalue weighted by Crippen LogP contribution is -2.14. The second-order valence-corrected chi connectivity index (χ2v) is 9.58. The molecule has 0 spiro atoms. The van der Waals surface area contributed by atoms with Crippen molar-refractivity contribution in [1.29, 1.82) is 0 Å². The van der Waals surface area contributed by atoms with Crippen LogP contribution in [0.15, 0.2) is 35.2 Å². The van der Waals surface area contributed by atoms with Gasteiger partial charge in [0.1, 0.15) is 29.6 Å². The maximum Gasteiger partial charge on any atom is 0.338 e. The average Bonchev–Trinajstić information content (AvgIpc) is 2.52. The summed E-state index contributed by atoms with van der Waals surface area (Å²) in [5.74, 6) is -0.235. The minimum atomic E-state index is -4.39. The molecule has 0 heterocycles. The predicted molar refractivity (Wildman–Crippen MR) is 118 cm³/mol. The van der Waals surface area contributed by atoms with Crippen molar-refractivity contribution in [2.45, 2.75) is 4.90 Å². The number of ether oxygens (including phenoxy) is 2. The Morgan fingerprint density at radius 2 is 1.65 bits per heavy atom. The first-order chi connectivity index (χ1) is 12.1. The van der Waals surface area contributed by atoms with Crippen molar-refractivity contribution >= 4 is 83.9 Å². The monoisotopic (exact) mass is 716 g/mol. The fourth-order valence-corrected chi connectivity index (χ4v) is 7.86. The van der Waals surface area contributed by atoms with Gasteiger partial charge in [-0.3, -0.25) is 4.55 Å². The molecule has 0 bridgehead atoms. The van der Waals surface area contributed by atoms with E-state index in [1.54, 1.807) is 28.7 Å². The molecular formula is C15H11I3O7S. The summed E-state index contributed by atoms with van der Waals surface area (Å²) < 4.78 is 44.4. The van der Waals surface area contributed by atoms with Crippen molar-refractivity contribution < 1.29 is 32.3 Å². The van der Waals surface area contributed by atoms with Crippen LogP contribution in [0.1, 0.15) is 10.4 Å². The van der Waals surface area contributed by atoms with E-state index >= 15 is 0 Å². The van der Waals surface area contributed by atoms with Gasteiger partial charge in [0.15, 0.2) is 0 Å². The van der Waals surface area contributed by atoms with Crippen LogP contribution in [0.4, 0.5) is 0 Å². The number of hydrogen-bond acceptors (Lipinski definition) is 6. The van der Waals surface area contributed by atoms with Crippen molar-refractivity contribution in [1.82, 2.24) is 0 Å². The molecule has 0 aromatic heterocycles. The maximum atomic E-state index is 11.9. The lowest BCUT2D eigenvalue weighted by Gasteiger charge is -2.14. The Morgan fingerprint density at radius 1 is 1.04 bits per heavy atom. The van der Waals surface area contributed by atoms with Gasteiger partial charge in [-0.05, 0) is 98.1 Å². The van der Waals surface area contributed by atoms with Crippen LogP contribution in [-0.4, -0.2) is 37.3 Å². The Hall–Kier alpha value is -0.390. The van der Waals surface area contributed by atoms with Crippen LogP contribution in [0.25, 0.3) is 0 Å². The molecule has 0 saturated carbocycles. The highest BCUT2D eigenvalue weighted by Crippen LogP contribution is 2.35. The van der Waals surface area contributed by atoms with Crippen LogP contribution < -0.4 is 4.74 Å². The van der Waals surface area contributed by atoms with E-state index < -0.39 is 16.1 Å². The number of rotatable bonds is 6. The van der Waals surface area contributed by atoms with E-state index in [2.05, 4.69) is 0 Å². The maximum absolute atomic E-state index is 11.9. The first kappa shape index (κ1) is 21.9. The number of halogens is 3. The molecule has 11 heteroatoms. The SMILES string of the molecule is O=C(OCCOc1c(I)cc(I)c(S(=O)(=O)O)c1I)c1ccc(O)cc1. The summed E-state index contributed by atoms with van der Waals surface area (Å²) in [4.78, 5) is 11.6. The second-order valence-electron chi connectivity index (χ2n) is 4.82. The van der Waals surface area contributed by atoms with E-state index in [-0.39, 0.29) is 33.0 Å². The zero-order valence-corrected chi connectivity index (χ0v) is 20.1. The van der Waals surface area contributed by atoms with Crippen LogP contribution >= 0.6 is 67.8 Å². The lowest BCUT2D eigenvalue weighted by atomic mass is 10.2. The van der Waals surface area contributed by atoms with Gasteiger partial charge in [-0.1, -0.05) is 0 Å². The third-order valence-corrected chi connectivity index (χ3v) is 7.36. The van der Waals surface area contributed by atoms with E-state index in [1.165, 1.54) is 24.3 Å². The third kappa shape index (κ3) is 5.56. The Bertz CT molecular complexity index is 927. The van der Waals surface area contributed by atoms with Gasteiger partial charge in [0.25, 0.3) is 10.1 Å². The molecule has 0 radical (unpaired) electrons. The summed E-state index contributed by atoms with van der Waals surface area (Å²) in [7, 11) is -4.39. The van der Waals surface area contributed by atoms with Crippen molar-refractivity contribution in [3.8, 4) is 11.5 Å². The Balaban J connectivity index is 2.04. The molecule has 140 valence electrons. The highest BCUT2D eigenvalue weighted by Gasteiger charge is 2.24. The van der Waals surface area contributed by atoms with Crippen molar-refractivity contribution in [2.24, 2.45) is 0 Å². The normalized spacial score (nSPS) is 11.2. The standard InChI is InChI=1S/C15H11I3O7S/c16-10-7-11(17)14(26(21,22)23)12(18)13(10)24-5-6-25-15(20)8-1-3-9(19)4-2-8/h1-4,7,19H,5-6H2,(H,21,22,23). The molecule has 0 unspecified atom stereocenters. The van der Waals surface area contributed by atoms with E-state index in [9.17, 15) is 22.9 Å². The van der Waals surface area contributed by atoms with Crippen molar-refractivity contribution in [3.63, 3.8) is 0 Å². The number of carbonyl (C=O) groups is 1. The fourth-order valence-electron chi connectivity index (χ4n) is 1.88. The number of phenolic OH excluding ortho intramolecular Hbond substituents is 1. The first-order valence-electron chi connectivity index (χ1n) is 6.85. The molecule has 2 rings (SSSR count). The minimum Gasteiger partial charge on any atom is -0.508 e. The van der Waals surface area contributed by atoms with Crippen LogP contribution in [0, 0.1) is 10.7 Å². The molecule has 0 aliphatic rings. The predicted octanol–water partition coefficient (Wildman–Crippen LogP) is 3.69. The fraction of sp³-hybridized carbons (Fsp3) is 0.133. The van der Waals surface area contributed by atoms with Gasteiger partial charge in [-0.15, -0.1) is 0 Å². The summed E-state index contributed by atoms with van der Waals surface area (Å²) in [6.45, 7) is -0.0552. The van der Waals surface area contributed by atoms with Crippen LogP contribution in [0.5, 0.6) is 11.5 Å². The number of benzene rings is 2. The number of aromatic hydroxyl groups is 1. The van der Waals surface area contributed by atoms with E-state index in [0.29, 0.717) is 12.9 Å². The van der Waals surface area contributed by atoms with Crippen molar-refractivity contribution in [2.75, 3.05) is 13.2 Å². The summed E-state index contributed by atoms with van der Waals surface area (Å²) in [5, 5.41) is 9.20. The molecule has 0 fully saturated rings. The molecule has 2 N–H and O–H groups in total. The highest BCUT2D eigenvalue weighted by atomic mass is 127. The number of esters is 1. The molecule has 2 aromatic rings. The van der Waals surface area contributed by atoms with Crippen molar-refractivity contribution in [3.05, 3.63) is 46.6 Å². The summed E-state index contributed by atoms with van der Waals surface area (Å²) in [6.07, 6.45) is 0. The Labute approximate surface area is 190 Å². The topological polar surface area (TPSA) is 110 Å².